The van der Waals surface area contributed by atoms with Crippen LogP contribution in [-0.2, 0) is 6.42 Å². The number of aliphatic hydroxyl groups excluding tert-OH is 1. The van der Waals surface area contributed by atoms with Gasteiger partial charge in [-0.3, -0.25) is 4.98 Å². The second-order valence-electron chi connectivity index (χ2n) is 11.4. The number of nitrogens with zero attached hydrogens (tertiary/aromatic N) is 1. The quantitative estimate of drug-likeness (QED) is 0.242. The summed E-state index contributed by atoms with van der Waals surface area (Å²) in [6.45, 7) is 7.72. The number of benzene rings is 1. The first-order valence-electron chi connectivity index (χ1n) is 14.4. The van der Waals surface area contributed by atoms with Crippen molar-refractivity contribution in [3.05, 3.63) is 35.5 Å². The number of pyridine rings is 1. The molecule has 1 atom stereocenters. The molecule has 1 aliphatic rings. The smallest absolute Gasteiger partial charge is 0.0833 e. The molecular weight excluding hydrogens is 416 g/mol. The number of anilines is 1. The van der Waals surface area contributed by atoms with E-state index >= 15 is 0 Å². The van der Waals surface area contributed by atoms with Gasteiger partial charge in [-0.2, -0.15) is 0 Å². The van der Waals surface area contributed by atoms with Crippen LogP contribution in [0.3, 0.4) is 0 Å². The Morgan fingerprint density at radius 1 is 0.853 bits per heavy atom. The van der Waals surface area contributed by atoms with Gasteiger partial charge in [-0.15, -0.1) is 0 Å². The van der Waals surface area contributed by atoms with Crippen LogP contribution in [0.4, 0.5) is 5.69 Å². The first-order valence-corrected chi connectivity index (χ1v) is 14.4. The van der Waals surface area contributed by atoms with Crippen LogP contribution in [0.5, 0.6) is 0 Å². The van der Waals surface area contributed by atoms with Gasteiger partial charge in [0.05, 0.1) is 17.3 Å². The van der Waals surface area contributed by atoms with E-state index in [9.17, 15) is 5.11 Å². The minimum absolute atomic E-state index is 0.0910. The molecule has 1 heterocycles. The lowest BCUT2D eigenvalue weighted by molar-refractivity contribution is 0.0991. The van der Waals surface area contributed by atoms with Crippen LogP contribution in [0.25, 0.3) is 10.9 Å². The number of fused-ring (bicyclic) bond motifs is 2. The molecule has 0 saturated heterocycles. The molecule has 0 bridgehead atoms. The van der Waals surface area contributed by atoms with Gasteiger partial charge in [0, 0.05) is 23.2 Å². The number of hydrogen-bond donors (Lipinski definition) is 2. The molecule has 0 amide bonds. The Hall–Kier alpha value is -1.61. The van der Waals surface area contributed by atoms with E-state index < -0.39 is 6.10 Å². The Bertz CT molecular complexity index is 860. The highest BCUT2D eigenvalue weighted by Gasteiger charge is 2.34. The van der Waals surface area contributed by atoms with Crippen LogP contribution in [-0.4, -0.2) is 16.6 Å². The lowest BCUT2D eigenvalue weighted by Gasteiger charge is -2.35. The van der Waals surface area contributed by atoms with E-state index in [0.717, 1.165) is 47.2 Å². The summed E-state index contributed by atoms with van der Waals surface area (Å²) in [5.74, 6) is 0. The van der Waals surface area contributed by atoms with Crippen LogP contribution in [0.2, 0.25) is 0 Å². The zero-order valence-electron chi connectivity index (χ0n) is 22.3. The summed E-state index contributed by atoms with van der Waals surface area (Å²) in [7, 11) is 0. The summed E-state index contributed by atoms with van der Waals surface area (Å²) in [6.07, 6.45) is 20.7. The molecule has 0 spiro atoms. The van der Waals surface area contributed by atoms with Gasteiger partial charge in [-0.1, -0.05) is 122 Å². The number of nitrogens with one attached hydrogen (secondary N) is 1. The largest absolute Gasteiger partial charge is 0.388 e. The molecule has 1 aromatic carbocycles. The second kappa shape index (κ2) is 14.1. The maximum Gasteiger partial charge on any atom is 0.0833 e. The summed E-state index contributed by atoms with van der Waals surface area (Å²) in [4.78, 5) is 4.94. The molecule has 0 aliphatic heterocycles. The van der Waals surface area contributed by atoms with Gasteiger partial charge in [-0.25, -0.2) is 0 Å². The third-order valence-electron chi connectivity index (χ3n) is 7.57. The molecule has 0 saturated carbocycles. The number of hydrogen-bond acceptors (Lipinski definition) is 3. The molecule has 1 aliphatic carbocycles. The van der Waals surface area contributed by atoms with Crippen LogP contribution in [0, 0.1) is 5.41 Å². The maximum absolute atomic E-state index is 11.0. The number of aromatic nitrogens is 1. The molecule has 0 fully saturated rings. The van der Waals surface area contributed by atoms with Crippen molar-refractivity contribution in [2.75, 3.05) is 11.9 Å². The predicted octanol–water partition coefficient (Wildman–Crippen LogP) is 9.13. The number of unbranched alkanes of at least 4 members (excludes halogenated alkanes) is 13. The molecule has 190 valence electrons. The predicted molar refractivity (Wildman–Crippen MR) is 148 cm³/mol. The van der Waals surface area contributed by atoms with Crippen LogP contribution in [0.15, 0.2) is 24.3 Å². The van der Waals surface area contributed by atoms with Gasteiger partial charge >= 0.3 is 0 Å². The molecule has 34 heavy (non-hydrogen) atoms. The lowest BCUT2D eigenvalue weighted by Crippen LogP contribution is -2.27. The topological polar surface area (TPSA) is 45.2 Å². The summed E-state index contributed by atoms with van der Waals surface area (Å²) < 4.78 is 0. The van der Waals surface area contributed by atoms with Crippen molar-refractivity contribution in [3.63, 3.8) is 0 Å². The summed E-state index contributed by atoms with van der Waals surface area (Å²) >= 11 is 0. The summed E-state index contributed by atoms with van der Waals surface area (Å²) in [6, 6.07) is 8.38. The molecule has 1 unspecified atom stereocenters. The monoisotopic (exact) mass is 466 g/mol. The highest BCUT2D eigenvalue weighted by Crippen LogP contribution is 2.45. The Labute approximate surface area is 209 Å². The number of aliphatic hydroxyl groups is 1. The Balaban J connectivity index is 1.36. The molecule has 3 heteroatoms. The van der Waals surface area contributed by atoms with E-state index in [0.29, 0.717) is 0 Å². The summed E-state index contributed by atoms with van der Waals surface area (Å²) in [5, 5.41) is 15.8. The number of para-hydroxylation sites is 1. The van der Waals surface area contributed by atoms with Crippen molar-refractivity contribution in [3.8, 4) is 0 Å². The number of rotatable bonds is 16. The molecule has 3 rings (SSSR count). The molecule has 1 aromatic heterocycles. The second-order valence-corrected chi connectivity index (χ2v) is 11.4. The minimum atomic E-state index is -0.435. The van der Waals surface area contributed by atoms with Crippen molar-refractivity contribution in [1.29, 1.82) is 0 Å². The Kier molecular flexibility index (Phi) is 11.2. The van der Waals surface area contributed by atoms with Crippen molar-refractivity contribution in [2.45, 2.75) is 130 Å². The van der Waals surface area contributed by atoms with E-state index in [-0.39, 0.29) is 5.41 Å². The van der Waals surface area contributed by atoms with E-state index in [4.69, 9.17) is 4.98 Å². The molecule has 3 nitrogen and oxygen atoms in total. The summed E-state index contributed by atoms with van der Waals surface area (Å²) in [5.41, 5.74) is 4.37. The van der Waals surface area contributed by atoms with Gasteiger partial charge in [0.2, 0.25) is 0 Å². The molecule has 2 N–H and O–H groups in total. The van der Waals surface area contributed by atoms with E-state index in [1.165, 1.54) is 89.9 Å². The fourth-order valence-electron chi connectivity index (χ4n) is 5.65. The lowest BCUT2D eigenvalue weighted by atomic mass is 9.74. The third-order valence-corrected chi connectivity index (χ3v) is 7.57. The molecule has 2 aromatic rings. The zero-order valence-corrected chi connectivity index (χ0v) is 22.3. The van der Waals surface area contributed by atoms with Crippen molar-refractivity contribution in [1.82, 2.24) is 4.98 Å². The Morgan fingerprint density at radius 2 is 1.41 bits per heavy atom. The van der Waals surface area contributed by atoms with E-state index in [1.54, 1.807) is 0 Å². The first-order chi connectivity index (χ1) is 16.5. The standard InChI is InChI=1S/C31H50N2O/c1-4-5-6-7-8-9-10-11-12-13-14-15-16-19-22-32-30-25-20-17-18-21-26(25)33-27-23-31(2,3)24-28(34)29(27)30/h17-18,20-21,28,34H,4-16,19,22-24H2,1-3H3,(H,32,33). The molecular formula is C31H50N2O. The maximum atomic E-state index is 11.0. The van der Waals surface area contributed by atoms with Gasteiger partial charge in [0.15, 0.2) is 0 Å². The van der Waals surface area contributed by atoms with Gasteiger partial charge in [0.1, 0.15) is 0 Å². The Morgan fingerprint density at radius 3 is 2.03 bits per heavy atom. The average molecular weight is 467 g/mol. The van der Waals surface area contributed by atoms with Crippen molar-refractivity contribution < 1.29 is 5.11 Å². The third kappa shape index (κ3) is 8.26. The van der Waals surface area contributed by atoms with Crippen molar-refractivity contribution >= 4 is 16.6 Å². The zero-order chi connectivity index (χ0) is 24.2. The molecule has 0 radical (unpaired) electrons. The minimum Gasteiger partial charge on any atom is -0.388 e. The van der Waals surface area contributed by atoms with Crippen LogP contribution >= 0.6 is 0 Å². The van der Waals surface area contributed by atoms with Gasteiger partial charge in [-0.05, 0) is 30.7 Å². The van der Waals surface area contributed by atoms with Crippen LogP contribution < -0.4 is 5.32 Å². The average Bonchev–Trinajstić information content (AvgIpc) is 2.80. The highest BCUT2D eigenvalue weighted by atomic mass is 16.3. The fraction of sp³-hybridized carbons (Fsp3) is 0.710. The first kappa shape index (κ1) is 27.0. The normalized spacial score (nSPS) is 17.1. The van der Waals surface area contributed by atoms with E-state index in [1.807, 2.05) is 0 Å². The SMILES string of the molecule is CCCCCCCCCCCCCCCCNc1c2c(nc3ccccc13)CC(C)(C)CC2O. The fourth-order valence-corrected chi connectivity index (χ4v) is 5.65. The highest BCUT2D eigenvalue weighted by molar-refractivity contribution is 5.93. The van der Waals surface area contributed by atoms with Crippen LogP contribution in [0.1, 0.15) is 134 Å². The van der Waals surface area contributed by atoms with Gasteiger partial charge < -0.3 is 10.4 Å². The van der Waals surface area contributed by atoms with E-state index in [2.05, 4.69) is 50.4 Å². The van der Waals surface area contributed by atoms with Gasteiger partial charge in [0.25, 0.3) is 0 Å². The van der Waals surface area contributed by atoms with Crippen molar-refractivity contribution in [2.24, 2.45) is 5.41 Å².